The van der Waals surface area contributed by atoms with Gasteiger partial charge in [-0.1, -0.05) is 23.4 Å². The molecule has 0 aromatic heterocycles. The fourth-order valence-electron chi connectivity index (χ4n) is 1.33. The van der Waals surface area contributed by atoms with Gasteiger partial charge in [0, 0.05) is 21.9 Å². The molecule has 1 N–H and O–H groups in total. The zero-order valence-electron chi connectivity index (χ0n) is 9.04. The third-order valence-electron chi connectivity index (χ3n) is 2.19. The molecule has 0 radical (unpaired) electrons. The molecule has 0 fully saturated rings. The molecule has 2 aromatic carbocycles. The van der Waals surface area contributed by atoms with Crippen LogP contribution in [0.2, 0.25) is 5.02 Å². The largest absolute Gasteiger partial charge is 0.508 e. The van der Waals surface area contributed by atoms with Crippen LogP contribution in [0, 0.1) is 10.1 Å². The van der Waals surface area contributed by atoms with Crippen molar-refractivity contribution in [3.8, 4) is 5.75 Å². The Kier molecular flexibility index (Phi) is 3.74. The van der Waals surface area contributed by atoms with Gasteiger partial charge in [-0.2, -0.15) is 0 Å². The molecule has 92 valence electrons. The number of phenols is 1. The number of nitrogens with zero attached hydrogens (tertiary/aromatic N) is 1. The van der Waals surface area contributed by atoms with E-state index in [1.54, 1.807) is 30.3 Å². The Morgan fingerprint density at radius 2 is 1.83 bits per heavy atom. The molecule has 4 nitrogen and oxygen atoms in total. The number of nitro benzene ring substituents is 1. The van der Waals surface area contributed by atoms with E-state index in [0.717, 1.165) is 9.79 Å². The smallest absolute Gasteiger partial charge is 0.270 e. The summed E-state index contributed by atoms with van der Waals surface area (Å²) in [5.74, 6) is 0.189. The molecule has 0 aliphatic heterocycles. The Balaban J connectivity index is 2.24. The van der Waals surface area contributed by atoms with E-state index < -0.39 is 4.92 Å². The van der Waals surface area contributed by atoms with Gasteiger partial charge in [0.1, 0.15) is 5.75 Å². The molecule has 2 rings (SSSR count). The predicted molar refractivity (Wildman–Crippen MR) is 70.3 cm³/mol. The first-order chi connectivity index (χ1) is 8.56. The zero-order chi connectivity index (χ0) is 13.1. The van der Waals surface area contributed by atoms with E-state index in [9.17, 15) is 10.1 Å². The maximum atomic E-state index is 10.6. The van der Waals surface area contributed by atoms with Crippen molar-refractivity contribution in [2.24, 2.45) is 0 Å². The summed E-state index contributed by atoms with van der Waals surface area (Å²) in [6.07, 6.45) is 0. The summed E-state index contributed by atoms with van der Waals surface area (Å²) in [6, 6.07) is 11.0. The van der Waals surface area contributed by atoms with Gasteiger partial charge in [0.25, 0.3) is 5.69 Å². The second-order valence-electron chi connectivity index (χ2n) is 3.47. The van der Waals surface area contributed by atoms with Crippen molar-refractivity contribution >= 4 is 29.1 Å². The molecule has 0 saturated heterocycles. The second-order valence-corrected chi connectivity index (χ2v) is 4.99. The number of rotatable bonds is 3. The Morgan fingerprint density at radius 3 is 2.39 bits per heavy atom. The fourth-order valence-corrected chi connectivity index (χ4v) is 2.44. The predicted octanol–water partition coefficient (Wildman–Crippen LogP) is 4.11. The quantitative estimate of drug-likeness (QED) is 0.679. The van der Waals surface area contributed by atoms with Gasteiger partial charge in [-0.3, -0.25) is 10.1 Å². The normalized spacial score (nSPS) is 10.3. The van der Waals surface area contributed by atoms with Crippen LogP contribution in [0.3, 0.4) is 0 Å². The van der Waals surface area contributed by atoms with Gasteiger partial charge >= 0.3 is 0 Å². The molecule has 0 spiro atoms. The maximum absolute atomic E-state index is 10.6. The van der Waals surface area contributed by atoms with Gasteiger partial charge in [0.15, 0.2) is 0 Å². The lowest BCUT2D eigenvalue weighted by atomic mass is 10.3. The van der Waals surface area contributed by atoms with E-state index in [1.807, 2.05) is 0 Å². The highest BCUT2D eigenvalue weighted by Crippen LogP contribution is 2.35. The number of hydrogen-bond donors (Lipinski definition) is 1. The molecule has 0 heterocycles. The van der Waals surface area contributed by atoms with Crippen molar-refractivity contribution in [2.45, 2.75) is 9.79 Å². The SMILES string of the molecule is O=[N+]([O-])c1ccc(Sc2ccc(O)cc2)c(Cl)c1. The number of aromatic hydroxyl groups is 1. The van der Waals surface area contributed by atoms with E-state index in [2.05, 4.69) is 0 Å². The number of benzene rings is 2. The van der Waals surface area contributed by atoms with E-state index in [1.165, 1.54) is 23.9 Å². The van der Waals surface area contributed by atoms with E-state index in [0.29, 0.717) is 5.02 Å². The van der Waals surface area contributed by atoms with Crippen LogP contribution in [-0.4, -0.2) is 10.0 Å². The molecule has 0 aliphatic rings. The average Bonchev–Trinajstić information content (AvgIpc) is 2.34. The van der Waals surface area contributed by atoms with Crippen molar-refractivity contribution in [1.82, 2.24) is 0 Å². The highest BCUT2D eigenvalue weighted by Gasteiger charge is 2.10. The summed E-state index contributed by atoms with van der Waals surface area (Å²) < 4.78 is 0. The molecule has 0 amide bonds. The lowest BCUT2D eigenvalue weighted by Crippen LogP contribution is -1.87. The minimum absolute atomic E-state index is 0.0324. The minimum atomic E-state index is -0.485. The highest BCUT2D eigenvalue weighted by molar-refractivity contribution is 7.99. The Bertz CT molecular complexity index is 586. The summed E-state index contributed by atoms with van der Waals surface area (Å²) in [5, 5.41) is 20.1. The Hall–Kier alpha value is -1.72. The van der Waals surface area contributed by atoms with Crippen molar-refractivity contribution in [3.63, 3.8) is 0 Å². The van der Waals surface area contributed by atoms with Crippen LogP contribution in [0.25, 0.3) is 0 Å². The Morgan fingerprint density at radius 1 is 1.17 bits per heavy atom. The third-order valence-corrected chi connectivity index (χ3v) is 3.70. The van der Waals surface area contributed by atoms with Crippen LogP contribution < -0.4 is 0 Å². The number of halogens is 1. The van der Waals surface area contributed by atoms with Crippen LogP contribution in [0.15, 0.2) is 52.3 Å². The third kappa shape index (κ3) is 2.94. The minimum Gasteiger partial charge on any atom is -0.508 e. The van der Waals surface area contributed by atoms with Gasteiger partial charge in [-0.05, 0) is 30.3 Å². The zero-order valence-corrected chi connectivity index (χ0v) is 10.6. The lowest BCUT2D eigenvalue weighted by Gasteiger charge is -2.04. The van der Waals surface area contributed by atoms with E-state index >= 15 is 0 Å². The van der Waals surface area contributed by atoms with Gasteiger partial charge in [-0.25, -0.2) is 0 Å². The number of non-ortho nitro benzene ring substituents is 1. The molecule has 0 unspecified atom stereocenters. The standard InChI is InChI=1S/C12H8ClNO3S/c13-11-7-8(14(16)17)1-6-12(11)18-10-4-2-9(15)3-5-10/h1-7,15H. The first-order valence-electron chi connectivity index (χ1n) is 4.97. The van der Waals surface area contributed by atoms with Crippen LogP contribution in [0.1, 0.15) is 0 Å². The van der Waals surface area contributed by atoms with E-state index in [4.69, 9.17) is 16.7 Å². The second kappa shape index (κ2) is 5.29. The summed E-state index contributed by atoms with van der Waals surface area (Å²) >= 11 is 7.36. The highest BCUT2D eigenvalue weighted by atomic mass is 35.5. The van der Waals surface area contributed by atoms with Crippen LogP contribution in [-0.2, 0) is 0 Å². The van der Waals surface area contributed by atoms with Gasteiger partial charge in [-0.15, -0.1) is 0 Å². The average molecular weight is 282 g/mol. The van der Waals surface area contributed by atoms with Gasteiger partial charge in [0.2, 0.25) is 0 Å². The summed E-state index contributed by atoms with van der Waals surface area (Å²) in [5.41, 5.74) is -0.0324. The number of nitro groups is 1. The first kappa shape index (κ1) is 12.7. The van der Waals surface area contributed by atoms with Crippen LogP contribution in [0.4, 0.5) is 5.69 Å². The molecular formula is C12H8ClNO3S. The molecule has 0 atom stereocenters. The first-order valence-corrected chi connectivity index (χ1v) is 6.16. The number of phenolic OH excluding ortho intramolecular Hbond substituents is 1. The van der Waals surface area contributed by atoms with Gasteiger partial charge < -0.3 is 5.11 Å². The molecule has 2 aromatic rings. The summed E-state index contributed by atoms with van der Waals surface area (Å²) in [6.45, 7) is 0. The summed E-state index contributed by atoms with van der Waals surface area (Å²) in [7, 11) is 0. The van der Waals surface area contributed by atoms with Crippen LogP contribution >= 0.6 is 23.4 Å². The molecule has 6 heteroatoms. The maximum Gasteiger partial charge on any atom is 0.270 e. The van der Waals surface area contributed by atoms with Crippen molar-refractivity contribution in [2.75, 3.05) is 0 Å². The molecule has 0 saturated carbocycles. The molecule has 0 bridgehead atoms. The van der Waals surface area contributed by atoms with Crippen molar-refractivity contribution in [1.29, 1.82) is 0 Å². The summed E-state index contributed by atoms with van der Waals surface area (Å²) in [4.78, 5) is 11.7. The molecular weight excluding hydrogens is 274 g/mol. The monoisotopic (exact) mass is 281 g/mol. The number of hydrogen-bond acceptors (Lipinski definition) is 4. The van der Waals surface area contributed by atoms with Crippen molar-refractivity contribution < 1.29 is 10.0 Å². The lowest BCUT2D eigenvalue weighted by molar-refractivity contribution is -0.384. The van der Waals surface area contributed by atoms with Crippen LogP contribution in [0.5, 0.6) is 5.75 Å². The Labute approximate surface area is 112 Å². The molecule has 18 heavy (non-hydrogen) atoms. The van der Waals surface area contributed by atoms with Gasteiger partial charge in [0.05, 0.1) is 9.95 Å². The fraction of sp³-hybridized carbons (Fsp3) is 0. The van der Waals surface area contributed by atoms with E-state index in [-0.39, 0.29) is 11.4 Å². The van der Waals surface area contributed by atoms with Crippen molar-refractivity contribution in [3.05, 3.63) is 57.6 Å². The topological polar surface area (TPSA) is 63.4 Å². The molecule has 0 aliphatic carbocycles.